The molecule has 1 aliphatic heterocycles. The predicted molar refractivity (Wildman–Crippen MR) is 39.1 cm³/mol. The Kier molecular flexibility index (Phi) is 3.08. The van der Waals surface area contributed by atoms with E-state index in [9.17, 15) is 9.59 Å². The van der Waals surface area contributed by atoms with E-state index in [-0.39, 0.29) is 5.78 Å². The molecule has 0 amide bonds. The van der Waals surface area contributed by atoms with Crippen LogP contribution in [0.15, 0.2) is 0 Å². The zero-order valence-electron chi connectivity index (χ0n) is 6.47. The maximum absolute atomic E-state index is 10.8. The first-order valence-electron chi connectivity index (χ1n) is 4.00. The second-order valence-electron chi connectivity index (χ2n) is 2.72. The number of carbonyl (C=O) groups is 2. The fraction of sp³-hybridized carbons (Fsp3) is 0.750. The van der Waals surface area contributed by atoms with Gasteiger partial charge in [0.05, 0.1) is 6.61 Å². The van der Waals surface area contributed by atoms with Gasteiger partial charge in [-0.1, -0.05) is 12.8 Å². The summed E-state index contributed by atoms with van der Waals surface area (Å²) in [6.45, 7) is 0.407. The van der Waals surface area contributed by atoms with E-state index in [2.05, 4.69) is 4.74 Å². The zero-order valence-corrected chi connectivity index (χ0v) is 6.47. The fourth-order valence-corrected chi connectivity index (χ4v) is 1.09. The summed E-state index contributed by atoms with van der Waals surface area (Å²) >= 11 is 0. The van der Waals surface area contributed by atoms with E-state index in [1.165, 1.54) is 0 Å². The van der Waals surface area contributed by atoms with Gasteiger partial charge in [-0.3, -0.25) is 4.79 Å². The van der Waals surface area contributed by atoms with Crippen molar-refractivity contribution in [3.8, 4) is 0 Å². The molecule has 0 N–H and O–H groups in total. The molecular formula is C8H12O3. The summed E-state index contributed by atoms with van der Waals surface area (Å²) in [5.41, 5.74) is 0. The third-order valence-electron chi connectivity index (χ3n) is 1.76. The van der Waals surface area contributed by atoms with Crippen molar-refractivity contribution in [3.63, 3.8) is 0 Å². The van der Waals surface area contributed by atoms with Gasteiger partial charge in [0.15, 0.2) is 0 Å². The lowest BCUT2D eigenvalue weighted by Gasteiger charge is -1.98. The normalized spacial score (nSPS) is 21.5. The number of hydrogen-bond donors (Lipinski definition) is 0. The average Bonchev–Trinajstić information content (AvgIpc) is 2.07. The molecule has 0 aliphatic carbocycles. The summed E-state index contributed by atoms with van der Waals surface area (Å²) < 4.78 is 4.69. The number of carbonyl (C=O) groups excluding carboxylic acids is 2. The van der Waals surface area contributed by atoms with Crippen LogP contribution in [0.2, 0.25) is 0 Å². The van der Waals surface area contributed by atoms with E-state index in [4.69, 9.17) is 0 Å². The Morgan fingerprint density at radius 2 is 1.73 bits per heavy atom. The minimum atomic E-state index is -0.646. The molecule has 0 unspecified atom stereocenters. The number of ether oxygens (including phenoxy) is 1. The topological polar surface area (TPSA) is 43.4 Å². The molecule has 0 aromatic carbocycles. The highest BCUT2D eigenvalue weighted by atomic mass is 16.5. The molecule has 0 atom stereocenters. The van der Waals surface area contributed by atoms with Gasteiger partial charge in [0.2, 0.25) is 5.78 Å². The summed E-state index contributed by atoms with van der Waals surface area (Å²) in [5, 5.41) is 0. The van der Waals surface area contributed by atoms with E-state index in [0.29, 0.717) is 13.0 Å². The molecule has 0 aromatic heterocycles. The molecule has 1 heterocycles. The lowest BCUT2D eigenvalue weighted by Crippen LogP contribution is -2.16. The largest absolute Gasteiger partial charge is 0.460 e. The van der Waals surface area contributed by atoms with Gasteiger partial charge < -0.3 is 4.74 Å². The molecule has 11 heavy (non-hydrogen) atoms. The first-order valence-corrected chi connectivity index (χ1v) is 4.00. The SMILES string of the molecule is O=C1CCCCCCOC1=O. The van der Waals surface area contributed by atoms with Crippen molar-refractivity contribution >= 4 is 11.8 Å². The molecule has 0 bridgehead atoms. The Balaban J connectivity index is 2.42. The maximum Gasteiger partial charge on any atom is 0.374 e. The van der Waals surface area contributed by atoms with Crippen molar-refractivity contribution in [2.75, 3.05) is 6.61 Å². The molecule has 1 fully saturated rings. The lowest BCUT2D eigenvalue weighted by atomic mass is 10.1. The molecule has 1 aliphatic rings. The van der Waals surface area contributed by atoms with Gasteiger partial charge in [0.25, 0.3) is 0 Å². The van der Waals surface area contributed by atoms with Crippen molar-refractivity contribution < 1.29 is 14.3 Å². The second-order valence-corrected chi connectivity index (χ2v) is 2.72. The molecule has 1 rings (SSSR count). The molecular weight excluding hydrogens is 144 g/mol. The molecule has 1 saturated heterocycles. The molecule has 0 radical (unpaired) electrons. The highest BCUT2D eigenvalue weighted by Gasteiger charge is 2.15. The molecule has 62 valence electrons. The number of Topliss-reactive ketones (excluding diaryl/α,β-unsaturated/α-hetero) is 1. The number of ketones is 1. The minimum Gasteiger partial charge on any atom is -0.460 e. The van der Waals surface area contributed by atoms with Crippen LogP contribution in [0, 0.1) is 0 Å². The number of esters is 1. The summed E-state index contributed by atoms with van der Waals surface area (Å²) in [5.74, 6) is -1.01. The van der Waals surface area contributed by atoms with Crippen molar-refractivity contribution in [3.05, 3.63) is 0 Å². The van der Waals surface area contributed by atoms with Crippen molar-refractivity contribution in [2.45, 2.75) is 32.1 Å². The van der Waals surface area contributed by atoms with Crippen LogP contribution in [0.1, 0.15) is 32.1 Å². The van der Waals surface area contributed by atoms with Crippen LogP contribution in [0.25, 0.3) is 0 Å². The van der Waals surface area contributed by atoms with Crippen LogP contribution in [0.3, 0.4) is 0 Å². The highest BCUT2D eigenvalue weighted by Crippen LogP contribution is 2.07. The molecule has 3 nitrogen and oxygen atoms in total. The second kappa shape index (κ2) is 4.11. The number of rotatable bonds is 0. The smallest absolute Gasteiger partial charge is 0.374 e. The van der Waals surface area contributed by atoms with Gasteiger partial charge in [-0.25, -0.2) is 4.79 Å². The molecule has 0 saturated carbocycles. The van der Waals surface area contributed by atoms with E-state index in [1.54, 1.807) is 0 Å². The van der Waals surface area contributed by atoms with Gasteiger partial charge in [0, 0.05) is 6.42 Å². The Morgan fingerprint density at radius 3 is 2.55 bits per heavy atom. The van der Waals surface area contributed by atoms with Gasteiger partial charge in [-0.05, 0) is 12.8 Å². The summed E-state index contributed by atoms with van der Waals surface area (Å²) in [6.07, 6.45) is 4.16. The van der Waals surface area contributed by atoms with E-state index in [0.717, 1.165) is 25.7 Å². The number of cyclic esters (lactones) is 1. The quantitative estimate of drug-likeness (QED) is 0.389. The monoisotopic (exact) mass is 156 g/mol. The fourth-order valence-electron chi connectivity index (χ4n) is 1.09. The predicted octanol–water partition coefficient (Wildman–Crippen LogP) is 1.06. The van der Waals surface area contributed by atoms with Crippen LogP contribution in [-0.2, 0) is 14.3 Å². The molecule has 3 heteroatoms. The third-order valence-corrected chi connectivity index (χ3v) is 1.76. The molecule has 0 spiro atoms. The Labute approximate surface area is 65.7 Å². The maximum atomic E-state index is 10.8. The first kappa shape index (κ1) is 8.24. The standard InChI is InChI=1S/C8H12O3/c9-7-5-3-1-2-4-6-11-8(7)10/h1-6H2. The Bertz CT molecular complexity index is 145. The van der Waals surface area contributed by atoms with E-state index in [1.807, 2.05) is 0 Å². The van der Waals surface area contributed by atoms with Crippen LogP contribution >= 0.6 is 0 Å². The summed E-state index contributed by atoms with van der Waals surface area (Å²) in [7, 11) is 0. The van der Waals surface area contributed by atoms with Crippen LogP contribution in [0.4, 0.5) is 0 Å². The van der Waals surface area contributed by atoms with E-state index >= 15 is 0 Å². The average molecular weight is 156 g/mol. The van der Waals surface area contributed by atoms with Gasteiger partial charge >= 0.3 is 5.97 Å². The van der Waals surface area contributed by atoms with Crippen LogP contribution in [0.5, 0.6) is 0 Å². The van der Waals surface area contributed by atoms with Gasteiger partial charge in [-0.15, -0.1) is 0 Å². The third kappa shape index (κ3) is 2.70. The Morgan fingerprint density at radius 1 is 1.00 bits per heavy atom. The van der Waals surface area contributed by atoms with Crippen LogP contribution < -0.4 is 0 Å². The minimum absolute atomic E-state index is 0.360. The lowest BCUT2D eigenvalue weighted by molar-refractivity contribution is -0.153. The highest BCUT2D eigenvalue weighted by molar-refractivity contribution is 6.33. The first-order chi connectivity index (χ1) is 5.30. The van der Waals surface area contributed by atoms with Gasteiger partial charge in [0.1, 0.15) is 0 Å². The number of hydrogen-bond acceptors (Lipinski definition) is 3. The van der Waals surface area contributed by atoms with E-state index < -0.39 is 5.97 Å². The molecule has 0 aromatic rings. The Hall–Kier alpha value is -0.860. The van der Waals surface area contributed by atoms with Crippen molar-refractivity contribution in [1.29, 1.82) is 0 Å². The summed E-state index contributed by atoms with van der Waals surface area (Å²) in [4.78, 5) is 21.6. The van der Waals surface area contributed by atoms with Crippen LogP contribution in [-0.4, -0.2) is 18.4 Å². The van der Waals surface area contributed by atoms with Crippen molar-refractivity contribution in [2.24, 2.45) is 0 Å². The zero-order chi connectivity index (χ0) is 8.10. The summed E-state index contributed by atoms with van der Waals surface area (Å²) in [6, 6.07) is 0. The van der Waals surface area contributed by atoms with Crippen molar-refractivity contribution in [1.82, 2.24) is 0 Å². The van der Waals surface area contributed by atoms with Gasteiger partial charge in [-0.2, -0.15) is 0 Å².